The third kappa shape index (κ3) is 3.84. The third-order valence-corrected chi connectivity index (χ3v) is 3.20. The summed E-state index contributed by atoms with van der Waals surface area (Å²) in [6.45, 7) is 1.78. The molecule has 2 aromatic rings. The average Bonchev–Trinajstić information content (AvgIpc) is 2.52. The number of hydrogen-bond acceptors (Lipinski definition) is 4. The zero-order valence-electron chi connectivity index (χ0n) is 12.5. The molecule has 0 aliphatic carbocycles. The molecule has 1 aromatic carbocycles. The maximum Gasteiger partial charge on any atom is 0.573 e. The van der Waals surface area contributed by atoms with Crippen LogP contribution < -0.4 is 16.0 Å². The third-order valence-electron chi connectivity index (χ3n) is 3.20. The summed E-state index contributed by atoms with van der Waals surface area (Å²) in [5, 5.41) is 8.96. The quantitative estimate of drug-likeness (QED) is 0.852. The summed E-state index contributed by atoms with van der Waals surface area (Å²) < 4.78 is 42.2. The Bertz CT molecular complexity index is 890. The molecule has 1 aromatic heterocycles. The minimum atomic E-state index is -4.80. The Morgan fingerprint density at radius 3 is 2.33 bits per heavy atom. The fourth-order valence-corrected chi connectivity index (χ4v) is 2.08. The molecule has 0 aliphatic rings. The van der Waals surface area contributed by atoms with Gasteiger partial charge in [-0.3, -0.25) is 13.9 Å². The minimum Gasteiger partial charge on any atom is -0.406 e. The van der Waals surface area contributed by atoms with Crippen LogP contribution in [0.1, 0.15) is 18.1 Å². The second-order valence-corrected chi connectivity index (χ2v) is 4.81. The van der Waals surface area contributed by atoms with Crippen LogP contribution in [0, 0.1) is 11.3 Å². The van der Waals surface area contributed by atoms with Crippen molar-refractivity contribution < 1.29 is 17.9 Å². The van der Waals surface area contributed by atoms with E-state index in [1.54, 1.807) is 13.0 Å². The van der Waals surface area contributed by atoms with Crippen LogP contribution in [0.4, 0.5) is 13.2 Å². The van der Waals surface area contributed by atoms with Gasteiger partial charge in [0.2, 0.25) is 0 Å². The van der Waals surface area contributed by atoms with E-state index in [-0.39, 0.29) is 18.7 Å². The lowest BCUT2D eigenvalue weighted by Gasteiger charge is -2.11. The average molecular weight is 339 g/mol. The van der Waals surface area contributed by atoms with Crippen molar-refractivity contribution >= 4 is 0 Å². The number of rotatable bonds is 4. The minimum absolute atomic E-state index is 0.167. The van der Waals surface area contributed by atoms with Crippen LogP contribution in [0.2, 0.25) is 0 Å². The van der Waals surface area contributed by atoms with Gasteiger partial charge in [-0.25, -0.2) is 4.79 Å². The molecule has 126 valence electrons. The molecular formula is C15H12F3N3O3. The number of halogens is 3. The molecule has 24 heavy (non-hydrogen) atoms. The van der Waals surface area contributed by atoms with Gasteiger partial charge >= 0.3 is 12.1 Å². The number of benzene rings is 1. The molecule has 0 aliphatic heterocycles. The number of hydrogen-bond donors (Lipinski definition) is 0. The topological polar surface area (TPSA) is 77.0 Å². The van der Waals surface area contributed by atoms with Gasteiger partial charge in [-0.05, 0) is 24.6 Å². The molecule has 0 spiro atoms. The fraction of sp³-hybridized carbons (Fsp3) is 0.267. The number of alkyl halides is 3. The van der Waals surface area contributed by atoms with E-state index in [1.165, 1.54) is 22.9 Å². The summed E-state index contributed by atoms with van der Waals surface area (Å²) in [7, 11) is 0. The zero-order valence-corrected chi connectivity index (χ0v) is 12.5. The number of ether oxygens (including phenoxy) is 1. The molecule has 0 atom stereocenters. The van der Waals surface area contributed by atoms with E-state index in [1.807, 2.05) is 0 Å². The van der Waals surface area contributed by atoms with E-state index in [2.05, 4.69) is 4.74 Å². The summed E-state index contributed by atoms with van der Waals surface area (Å²) >= 11 is 0. The van der Waals surface area contributed by atoms with Crippen LogP contribution in [-0.2, 0) is 13.1 Å². The molecule has 6 nitrogen and oxygen atoms in total. The Morgan fingerprint density at radius 1 is 1.21 bits per heavy atom. The number of aryl methyl sites for hydroxylation is 1. The molecule has 0 radical (unpaired) electrons. The molecule has 0 saturated carbocycles. The molecule has 0 fully saturated rings. The first kappa shape index (κ1) is 17.3. The lowest BCUT2D eigenvalue weighted by molar-refractivity contribution is -0.274. The van der Waals surface area contributed by atoms with E-state index < -0.39 is 23.4 Å². The first-order valence-electron chi connectivity index (χ1n) is 6.84. The van der Waals surface area contributed by atoms with Gasteiger partial charge in [0.25, 0.3) is 5.56 Å². The van der Waals surface area contributed by atoms with Crippen LogP contribution in [-0.4, -0.2) is 15.5 Å². The van der Waals surface area contributed by atoms with Crippen LogP contribution in [0.3, 0.4) is 0 Å². The molecule has 0 unspecified atom stereocenters. The van der Waals surface area contributed by atoms with E-state index in [0.717, 1.165) is 16.7 Å². The molecular weight excluding hydrogens is 327 g/mol. The molecule has 0 bridgehead atoms. The monoisotopic (exact) mass is 339 g/mol. The van der Waals surface area contributed by atoms with Crippen molar-refractivity contribution in [3.8, 4) is 11.8 Å². The number of nitrogens with zero attached hydrogens (tertiary/aromatic N) is 3. The second-order valence-electron chi connectivity index (χ2n) is 4.81. The predicted octanol–water partition coefficient (Wildman–Crippen LogP) is 1.85. The number of nitriles is 1. The number of aromatic nitrogens is 2. The predicted molar refractivity (Wildman–Crippen MR) is 77.6 cm³/mol. The Hall–Kier alpha value is -3.02. The lowest BCUT2D eigenvalue weighted by Crippen LogP contribution is -2.40. The highest BCUT2D eigenvalue weighted by molar-refractivity contribution is 5.28. The van der Waals surface area contributed by atoms with Gasteiger partial charge in [0.05, 0.1) is 6.54 Å². The summed E-state index contributed by atoms with van der Waals surface area (Å²) in [4.78, 5) is 24.3. The summed E-state index contributed by atoms with van der Waals surface area (Å²) in [6.07, 6.45) is -3.62. The SMILES string of the molecule is CCn1cc(C#N)c(=O)n(Cc2ccc(OC(F)(F)F)cc2)c1=O. The standard InChI is InChI=1S/C15H12F3N3O3/c1-2-20-9-11(7-19)13(22)21(14(20)23)8-10-3-5-12(6-4-10)24-15(16,17)18/h3-6,9H,2,8H2,1H3. The maximum absolute atomic E-state index is 12.2. The Balaban J connectivity index is 2.37. The maximum atomic E-state index is 12.2. The molecule has 9 heteroatoms. The van der Waals surface area contributed by atoms with Crippen LogP contribution >= 0.6 is 0 Å². The van der Waals surface area contributed by atoms with Crippen LogP contribution in [0.15, 0.2) is 40.1 Å². The largest absolute Gasteiger partial charge is 0.573 e. The van der Waals surface area contributed by atoms with Gasteiger partial charge in [-0.2, -0.15) is 5.26 Å². The van der Waals surface area contributed by atoms with Crippen molar-refractivity contribution in [1.29, 1.82) is 5.26 Å². The van der Waals surface area contributed by atoms with E-state index >= 15 is 0 Å². The highest BCUT2D eigenvalue weighted by atomic mass is 19.4. The van der Waals surface area contributed by atoms with E-state index in [0.29, 0.717) is 5.56 Å². The Morgan fingerprint density at radius 2 is 1.83 bits per heavy atom. The van der Waals surface area contributed by atoms with Gasteiger partial charge in [-0.15, -0.1) is 13.2 Å². The Labute approximate surface area is 133 Å². The highest BCUT2D eigenvalue weighted by Gasteiger charge is 2.30. The van der Waals surface area contributed by atoms with Crippen molar-refractivity contribution in [1.82, 2.24) is 9.13 Å². The first-order valence-corrected chi connectivity index (χ1v) is 6.84. The van der Waals surface area contributed by atoms with Gasteiger partial charge in [0, 0.05) is 12.7 Å². The lowest BCUT2D eigenvalue weighted by atomic mass is 10.2. The van der Waals surface area contributed by atoms with Crippen molar-refractivity contribution in [2.45, 2.75) is 26.4 Å². The van der Waals surface area contributed by atoms with Gasteiger partial charge in [0.15, 0.2) is 0 Å². The van der Waals surface area contributed by atoms with Crippen molar-refractivity contribution in [2.24, 2.45) is 0 Å². The molecule has 2 rings (SSSR count). The van der Waals surface area contributed by atoms with E-state index in [4.69, 9.17) is 5.26 Å². The van der Waals surface area contributed by atoms with Crippen molar-refractivity contribution in [2.75, 3.05) is 0 Å². The summed E-state index contributed by atoms with van der Waals surface area (Å²) in [5.74, 6) is -0.407. The first-order chi connectivity index (χ1) is 11.2. The summed E-state index contributed by atoms with van der Waals surface area (Å²) in [5.41, 5.74) is -1.12. The Kier molecular flexibility index (Phi) is 4.78. The van der Waals surface area contributed by atoms with Crippen LogP contribution in [0.25, 0.3) is 0 Å². The van der Waals surface area contributed by atoms with Gasteiger partial charge in [-0.1, -0.05) is 12.1 Å². The summed E-state index contributed by atoms with van der Waals surface area (Å²) in [6, 6.07) is 6.50. The van der Waals surface area contributed by atoms with Gasteiger partial charge < -0.3 is 4.74 Å². The molecule has 0 amide bonds. The van der Waals surface area contributed by atoms with Crippen molar-refractivity contribution in [3.63, 3.8) is 0 Å². The van der Waals surface area contributed by atoms with Gasteiger partial charge in [0.1, 0.15) is 17.4 Å². The fourth-order valence-electron chi connectivity index (χ4n) is 2.08. The smallest absolute Gasteiger partial charge is 0.406 e. The van der Waals surface area contributed by atoms with E-state index in [9.17, 15) is 22.8 Å². The second kappa shape index (κ2) is 6.62. The molecule has 0 N–H and O–H groups in total. The zero-order chi connectivity index (χ0) is 17.9. The van der Waals surface area contributed by atoms with Crippen LogP contribution in [0.5, 0.6) is 5.75 Å². The normalized spacial score (nSPS) is 11.1. The molecule has 0 saturated heterocycles. The highest BCUT2D eigenvalue weighted by Crippen LogP contribution is 2.22. The molecule has 1 heterocycles. The van der Waals surface area contributed by atoms with Crippen molar-refractivity contribution in [3.05, 3.63) is 62.4 Å².